The van der Waals surface area contributed by atoms with E-state index < -0.39 is 17.5 Å². The van der Waals surface area contributed by atoms with Crippen LogP contribution in [0.15, 0.2) is 18.2 Å². The Morgan fingerprint density at radius 1 is 1.35 bits per heavy atom. The fourth-order valence-corrected chi connectivity index (χ4v) is 3.61. The monoisotopic (exact) mass is 319 g/mol. The Balaban J connectivity index is 1.99. The SMILES string of the molecule is COC(=O)C12COCC(=O)C1OCN(c1c(C)cccc1C)C2. The van der Waals surface area contributed by atoms with E-state index in [1.165, 1.54) is 7.11 Å². The number of ketones is 1. The van der Waals surface area contributed by atoms with Crippen LogP contribution in [0, 0.1) is 19.3 Å². The van der Waals surface area contributed by atoms with Gasteiger partial charge in [-0.25, -0.2) is 0 Å². The van der Waals surface area contributed by atoms with Crippen LogP contribution < -0.4 is 4.90 Å². The van der Waals surface area contributed by atoms with Gasteiger partial charge >= 0.3 is 5.97 Å². The first kappa shape index (κ1) is 16.0. The summed E-state index contributed by atoms with van der Waals surface area (Å²) in [5.74, 6) is -0.672. The molecular weight excluding hydrogens is 298 g/mol. The van der Waals surface area contributed by atoms with Crippen LogP contribution in [0.5, 0.6) is 0 Å². The molecule has 2 atom stereocenters. The number of methoxy groups -OCH3 is 1. The molecule has 2 saturated heterocycles. The van der Waals surface area contributed by atoms with Crippen molar-refractivity contribution >= 4 is 17.4 Å². The Kier molecular flexibility index (Phi) is 4.12. The van der Waals surface area contributed by atoms with Crippen LogP contribution in [0.25, 0.3) is 0 Å². The van der Waals surface area contributed by atoms with E-state index in [1.54, 1.807) is 0 Å². The lowest BCUT2D eigenvalue weighted by Gasteiger charge is -2.48. The van der Waals surface area contributed by atoms with Crippen molar-refractivity contribution in [3.05, 3.63) is 29.3 Å². The largest absolute Gasteiger partial charge is 0.468 e. The van der Waals surface area contributed by atoms with E-state index in [2.05, 4.69) is 0 Å². The maximum Gasteiger partial charge on any atom is 0.319 e. The highest BCUT2D eigenvalue weighted by molar-refractivity contribution is 5.94. The molecule has 0 amide bonds. The first-order valence-electron chi connectivity index (χ1n) is 7.61. The first-order valence-corrected chi connectivity index (χ1v) is 7.61. The molecule has 124 valence electrons. The molecule has 1 aromatic rings. The van der Waals surface area contributed by atoms with Gasteiger partial charge in [-0.05, 0) is 25.0 Å². The molecule has 23 heavy (non-hydrogen) atoms. The van der Waals surface area contributed by atoms with Gasteiger partial charge in [-0.2, -0.15) is 0 Å². The van der Waals surface area contributed by atoms with Crippen LogP contribution in [-0.2, 0) is 23.8 Å². The van der Waals surface area contributed by atoms with Crippen LogP contribution in [0.4, 0.5) is 5.69 Å². The standard InChI is InChI=1S/C17H21NO5/c1-11-5-4-6-12(2)14(11)18-8-17(16(20)21-3)9-22-7-13(19)15(17)23-10-18/h4-6,15H,7-10H2,1-3H3. The van der Waals surface area contributed by atoms with Gasteiger partial charge in [-0.3, -0.25) is 9.59 Å². The molecule has 0 bridgehead atoms. The second-order valence-corrected chi connectivity index (χ2v) is 6.22. The van der Waals surface area contributed by atoms with E-state index in [4.69, 9.17) is 14.2 Å². The maximum absolute atomic E-state index is 12.5. The number of Topliss-reactive ketones (excluding diaryl/α,β-unsaturated/α-hetero) is 1. The van der Waals surface area contributed by atoms with Crippen LogP contribution in [0.1, 0.15) is 11.1 Å². The van der Waals surface area contributed by atoms with Crippen molar-refractivity contribution in [3.8, 4) is 0 Å². The Bertz CT molecular complexity index is 624. The van der Waals surface area contributed by atoms with E-state index in [9.17, 15) is 9.59 Å². The van der Waals surface area contributed by atoms with Crippen LogP contribution in [0.2, 0.25) is 0 Å². The van der Waals surface area contributed by atoms with Crippen molar-refractivity contribution in [2.45, 2.75) is 20.0 Å². The number of hydrogen-bond acceptors (Lipinski definition) is 6. The summed E-state index contributed by atoms with van der Waals surface area (Å²) < 4.78 is 16.1. The number of esters is 1. The molecule has 0 aliphatic carbocycles. The van der Waals surface area contributed by atoms with Crippen LogP contribution >= 0.6 is 0 Å². The zero-order chi connectivity index (χ0) is 16.6. The highest BCUT2D eigenvalue weighted by Crippen LogP contribution is 2.38. The van der Waals surface area contributed by atoms with E-state index >= 15 is 0 Å². The van der Waals surface area contributed by atoms with Crippen molar-refractivity contribution in [1.82, 2.24) is 0 Å². The van der Waals surface area contributed by atoms with Crippen LogP contribution in [0.3, 0.4) is 0 Å². The average molecular weight is 319 g/mol. The van der Waals surface area contributed by atoms with Gasteiger partial charge in [0.2, 0.25) is 0 Å². The minimum atomic E-state index is -1.11. The maximum atomic E-state index is 12.5. The van der Waals surface area contributed by atoms with Crippen molar-refractivity contribution in [2.24, 2.45) is 5.41 Å². The minimum absolute atomic E-state index is 0.0210. The van der Waals surface area contributed by atoms with E-state index in [0.29, 0.717) is 6.54 Å². The van der Waals surface area contributed by atoms with Crippen LogP contribution in [-0.4, -0.2) is 51.5 Å². The lowest BCUT2D eigenvalue weighted by atomic mass is 9.77. The second-order valence-electron chi connectivity index (χ2n) is 6.22. The Hall–Kier alpha value is -1.92. The lowest BCUT2D eigenvalue weighted by Crippen LogP contribution is -2.65. The van der Waals surface area contributed by atoms with Gasteiger partial charge in [0, 0.05) is 12.2 Å². The number of ether oxygens (including phenoxy) is 3. The minimum Gasteiger partial charge on any atom is -0.468 e. The lowest BCUT2D eigenvalue weighted by molar-refractivity contribution is -0.192. The van der Waals surface area contributed by atoms with Gasteiger partial charge in [0.15, 0.2) is 5.78 Å². The second kappa shape index (κ2) is 5.94. The molecule has 1 aromatic carbocycles. The summed E-state index contributed by atoms with van der Waals surface area (Å²) >= 11 is 0. The summed E-state index contributed by atoms with van der Waals surface area (Å²) in [4.78, 5) is 26.6. The number of carbonyl (C=O) groups excluding carboxylic acids is 2. The summed E-state index contributed by atoms with van der Waals surface area (Å²) in [6.07, 6.45) is -0.802. The van der Waals surface area contributed by atoms with Gasteiger partial charge in [-0.1, -0.05) is 18.2 Å². The molecular formula is C17H21NO5. The Labute approximate surface area is 135 Å². The van der Waals surface area contributed by atoms with Crippen molar-refractivity contribution in [2.75, 3.05) is 38.5 Å². The van der Waals surface area contributed by atoms with Gasteiger partial charge < -0.3 is 19.1 Å². The molecule has 0 saturated carbocycles. The zero-order valence-corrected chi connectivity index (χ0v) is 13.6. The van der Waals surface area contributed by atoms with Crippen molar-refractivity contribution < 1.29 is 23.8 Å². The van der Waals surface area contributed by atoms with E-state index in [1.807, 2.05) is 36.9 Å². The predicted octanol–water partition coefficient (Wildman–Crippen LogP) is 1.22. The number of anilines is 1. The summed E-state index contributed by atoms with van der Waals surface area (Å²) in [6.45, 7) is 4.73. The number of fused-ring (bicyclic) bond motifs is 1. The molecule has 2 heterocycles. The molecule has 6 nitrogen and oxygen atoms in total. The quantitative estimate of drug-likeness (QED) is 0.764. The predicted molar refractivity (Wildman–Crippen MR) is 83.3 cm³/mol. The molecule has 6 heteroatoms. The zero-order valence-electron chi connectivity index (χ0n) is 13.6. The third-order valence-electron chi connectivity index (χ3n) is 4.62. The Morgan fingerprint density at radius 3 is 2.70 bits per heavy atom. The topological polar surface area (TPSA) is 65.1 Å². The first-order chi connectivity index (χ1) is 11.0. The molecule has 2 aliphatic rings. The normalized spacial score (nSPS) is 27.5. The molecule has 0 N–H and O–H groups in total. The van der Waals surface area contributed by atoms with Crippen molar-refractivity contribution in [1.29, 1.82) is 0 Å². The molecule has 2 unspecified atom stereocenters. The summed E-state index contributed by atoms with van der Waals surface area (Å²) in [5.41, 5.74) is 2.09. The fourth-order valence-electron chi connectivity index (χ4n) is 3.61. The fraction of sp³-hybridized carbons (Fsp3) is 0.529. The molecule has 0 aromatic heterocycles. The molecule has 0 radical (unpaired) electrons. The van der Waals surface area contributed by atoms with E-state index in [-0.39, 0.29) is 25.7 Å². The highest BCUT2D eigenvalue weighted by Gasteiger charge is 2.57. The number of nitrogens with zero attached hydrogens (tertiary/aromatic N) is 1. The van der Waals surface area contributed by atoms with E-state index in [0.717, 1.165) is 16.8 Å². The summed E-state index contributed by atoms with van der Waals surface area (Å²) in [5, 5.41) is 0. The molecule has 0 spiro atoms. The number of aryl methyl sites for hydroxylation is 2. The number of carbonyl (C=O) groups is 2. The molecule has 3 rings (SSSR count). The van der Waals surface area contributed by atoms with Gasteiger partial charge in [0.05, 0.1) is 13.7 Å². The summed E-state index contributed by atoms with van der Waals surface area (Å²) in [7, 11) is 1.32. The highest BCUT2D eigenvalue weighted by atomic mass is 16.6. The van der Waals surface area contributed by atoms with Crippen molar-refractivity contribution in [3.63, 3.8) is 0 Å². The third-order valence-corrected chi connectivity index (χ3v) is 4.62. The van der Waals surface area contributed by atoms with Gasteiger partial charge in [0.1, 0.15) is 24.9 Å². The smallest absolute Gasteiger partial charge is 0.319 e. The van der Waals surface area contributed by atoms with Gasteiger partial charge in [-0.15, -0.1) is 0 Å². The summed E-state index contributed by atoms with van der Waals surface area (Å²) in [6, 6.07) is 6.02. The Morgan fingerprint density at radius 2 is 2.04 bits per heavy atom. The number of rotatable bonds is 2. The number of hydrogen-bond donors (Lipinski definition) is 0. The third kappa shape index (κ3) is 2.52. The molecule has 2 aliphatic heterocycles. The number of benzene rings is 1. The number of para-hydroxylation sites is 1. The van der Waals surface area contributed by atoms with Gasteiger partial charge in [0.25, 0.3) is 0 Å². The molecule has 2 fully saturated rings. The average Bonchev–Trinajstić information content (AvgIpc) is 2.54.